The van der Waals surface area contributed by atoms with Crippen molar-refractivity contribution in [2.75, 3.05) is 0 Å². The molecular formula is C9H10O2S. The van der Waals surface area contributed by atoms with Crippen molar-refractivity contribution in [3.63, 3.8) is 0 Å². The van der Waals surface area contributed by atoms with Crippen LogP contribution < -0.4 is 0 Å². The Labute approximate surface area is 75.2 Å². The highest BCUT2D eigenvalue weighted by Gasteiger charge is 2.33. The SMILES string of the molecule is CC1CC(c2cccs2)C(=O)O1. The molecular weight excluding hydrogens is 172 g/mol. The fourth-order valence-corrected chi connectivity index (χ4v) is 2.31. The molecule has 0 aromatic carbocycles. The zero-order chi connectivity index (χ0) is 8.55. The number of hydrogen-bond donors (Lipinski definition) is 0. The lowest BCUT2D eigenvalue weighted by Gasteiger charge is -1.98. The van der Waals surface area contributed by atoms with Crippen molar-refractivity contribution in [1.29, 1.82) is 0 Å². The second-order valence-electron chi connectivity index (χ2n) is 3.05. The topological polar surface area (TPSA) is 26.3 Å². The highest BCUT2D eigenvalue weighted by atomic mass is 32.1. The van der Waals surface area contributed by atoms with Crippen LogP contribution >= 0.6 is 11.3 Å². The van der Waals surface area contributed by atoms with Gasteiger partial charge in [-0.3, -0.25) is 4.79 Å². The molecule has 0 aliphatic carbocycles. The van der Waals surface area contributed by atoms with E-state index < -0.39 is 0 Å². The molecule has 1 aromatic heterocycles. The largest absolute Gasteiger partial charge is 0.462 e. The smallest absolute Gasteiger partial charge is 0.314 e. The lowest BCUT2D eigenvalue weighted by molar-refractivity contribution is -0.141. The molecule has 12 heavy (non-hydrogen) atoms. The fraction of sp³-hybridized carbons (Fsp3) is 0.444. The van der Waals surface area contributed by atoms with Gasteiger partial charge in [-0.1, -0.05) is 6.07 Å². The van der Waals surface area contributed by atoms with Crippen LogP contribution in [0.2, 0.25) is 0 Å². The lowest BCUT2D eigenvalue weighted by atomic mass is 10.0. The van der Waals surface area contributed by atoms with E-state index in [9.17, 15) is 4.79 Å². The van der Waals surface area contributed by atoms with Gasteiger partial charge in [-0.15, -0.1) is 11.3 Å². The van der Waals surface area contributed by atoms with Crippen LogP contribution in [0.15, 0.2) is 17.5 Å². The molecule has 3 heteroatoms. The van der Waals surface area contributed by atoms with Crippen LogP contribution in [0.25, 0.3) is 0 Å². The van der Waals surface area contributed by atoms with Crippen molar-refractivity contribution in [1.82, 2.24) is 0 Å². The van der Waals surface area contributed by atoms with Gasteiger partial charge in [-0.05, 0) is 18.4 Å². The first kappa shape index (κ1) is 7.80. The number of esters is 1. The number of carbonyl (C=O) groups is 1. The molecule has 0 radical (unpaired) electrons. The number of rotatable bonds is 1. The molecule has 0 N–H and O–H groups in total. The van der Waals surface area contributed by atoms with Gasteiger partial charge in [0.2, 0.25) is 0 Å². The van der Waals surface area contributed by atoms with Crippen molar-refractivity contribution in [2.45, 2.75) is 25.4 Å². The number of cyclic esters (lactones) is 1. The number of thiophene rings is 1. The summed E-state index contributed by atoms with van der Waals surface area (Å²) in [5, 5.41) is 1.99. The normalized spacial score (nSPS) is 28.9. The van der Waals surface area contributed by atoms with Gasteiger partial charge < -0.3 is 4.74 Å². The van der Waals surface area contributed by atoms with Crippen molar-refractivity contribution in [3.8, 4) is 0 Å². The summed E-state index contributed by atoms with van der Waals surface area (Å²) in [5.41, 5.74) is 0. The van der Waals surface area contributed by atoms with E-state index in [2.05, 4.69) is 0 Å². The third kappa shape index (κ3) is 1.25. The summed E-state index contributed by atoms with van der Waals surface area (Å²) in [6.45, 7) is 1.94. The van der Waals surface area contributed by atoms with Crippen LogP contribution in [0.1, 0.15) is 24.1 Å². The van der Waals surface area contributed by atoms with Crippen molar-refractivity contribution >= 4 is 17.3 Å². The van der Waals surface area contributed by atoms with Gasteiger partial charge in [0, 0.05) is 11.3 Å². The standard InChI is InChI=1S/C9H10O2S/c1-6-5-7(9(10)11-6)8-3-2-4-12-8/h2-4,6-7H,5H2,1H3. The molecule has 1 aliphatic heterocycles. The van der Waals surface area contributed by atoms with Gasteiger partial charge in [0.15, 0.2) is 0 Å². The van der Waals surface area contributed by atoms with Gasteiger partial charge in [-0.25, -0.2) is 0 Å². The van der Waals surface area contributed by atoms with Gasteiger partial charge >= 0.3 is 5.97 Å². The Morgan fingerprint density at radius 1 is 1.67 bits per heavy atom. The molecule has 2 atom stereocenters. The summed E-state index contributed by atoms with van der Waals surface area (Å²) in [6, 6.07) is 3.96. The molecule has 2 rings (SSSR count). The predicted octanol–water partition coefficient (Wildman–Crippen LogP) is 2.17. The molecule has 1 saturated heterocycles. The van der Waals surface area contributed by atoms with Crippen molar-refractivity contribution < 1.29 is 9.53 Å². The van der Waals surface area contributed by atoms with E-state index in [0.717, 1.165) is 11.3 Å². The van der Waals surface area contributed by atoms with Crippen LogP contribution in [0.3, 0.4) is 0 Å². The first-order valence-corrected chi connectivity index (χ1v) is 4.89. The third-order valence-corrected chi connectivity index (χ3v) is 3.04. The average Bonchev–Trinajstić information content (AvgIpc) is 2.58. The van der Waals surface area contributed by atoms with Crippen LogP contribution in [-0.2, 0) is 9.53 Å². The Hall–Kier alpha value is -0.830. The van der Waals surface area contributed by atoms with Gasteiger partial charge in [0.25, 0.3) is 0 Å². The fourth-order valence-electron chi connectivity index (χ4n) is 1.48. The Bertz CT molecular complexity index is 279. The van der Waals surface area contributed by atoms with Crippen LogP contribution in [0, 0.1) is 0 Å². The summed E-state index contributed by atoms with van der Waals surface area (Å²) in [7, 11) is 0. The molecule has 0 bridgehead atoms. The van der Waals surface area contributed by atoms with E-state index in [1.54, 1.807) is 11.3 Å². The lowest BCUT2D eigenvalue weighted by Crippen LogP contribution is -2.03. The monoisotopic (exact) mass is 182 g/mol. The maximum absolute atomic E-state index is 11.3. The molecule has 0 saturated carbocycles. The molecule has 0 spiro atoms. The van der Waals surface area contributed by atoms with E-state index >= 15 is 0 Å². The summed E-state index contributed by atoms with van der Waals surface area (Å²) >= 11 is 1.63. The van der Waals surface area contributed by atoms with Crippen molar-refractivity contribution in [3.05, 3.63) is 22.4 Å². The van der Waals surface area contributed by atoms with E-state index in [1.807, 2.05) is 24.4 Å². The molecule has 64 valence electrons. The zero-order valence-electron chi connectivity index (χ0n) is 6.82. The second-order valence-corrected chi connectivity index (χ2v) is 4.03. The van der Waals surface area contributed by atoms with Crippen molar-refractivity contribution in [2.24, 2.45) is 0 Å². The first-order chi connectivity index (χ1) is 5.77. The first-order valence-electron chi connectivity index (χ1n) is 4.01. The number of hydrogen-bond acceptors (Lipinski definition) is 3. The average molecular weight is 182 g/mol. The van der Waals surface area contributed by atoms with Crippen LogP contribution in [0.4, 0.5) is 0 Å². The van der Waals surface area contributed by atoms with Crippen LogP contribution in [-0.4, -0.2) is 12.1 Å². The molecule has 2 unspecified atom stereocenters. The maximum atomic E-state index is 11.3. The zero-order valence-corrected chi connectivity index (χ0v) is 7.64. The molecule has 1 aliphatic rings. The third-order valence-electron chi connectivity index (χ3n) is 2.06. The summed E-state index contributed by atoms with van der Waals surface area (Å²) < 4.78 is 5.07. The molecule has 2 nitrogen and oxygen atoms in total. The minimum atomic E-state index is -0.0649. The Morgan fingerprint density at radius 3 is 3.00 bits per heavy atom. The molecule has 0 amide bonds. The Morgan fingerprint density at radius 2 is 2.50 bits per heavy atom. The minimum Gasteiger partial charge on any atom is -0.462 e. The molecule has 1 aromatic rings. The summed E-state index contributed by atoms with van der Waals surface area (Å²) in [6.07, 6.45) is 0.920. The van der Waals surface area contributed by atoms with Gasteiger partial charge in [0.1, 0.15) is 6.10 Å². The highest BCUT2D eigenvalue weighted by Crippen LogP contribution is 2.32. The Kier molecular flexibility index (Phi) is 1.89. The molecule has 1 fully saturated rings. The summed E-state index contributed by atoms with van der Waals surface area (Å²) in [5.74, 6) is -0.0649. The Balaban J connectivity index is 2.21. The van der Waals surface area contributed by atoms with Gasteiger partial charge in [0.05, 0.1) is 5.92 Å². The highest BCUT2D eigenvalue weighted by molar-refractivity contribution is 7.10. The number of carbonyl (C=O) groups excluding carboxylic acids is 1. The number of ether oxygens (including phenoxy) is 1. The van der Waals surface area contributed by atoms with E-state index in [1.165, 1.54) is 0 Å². The molecule has 2 heterocycles. The quantitative estimate of drug-likeness (QED) is 0.622. The summed E-state index contributed by atoms with van der Waals surface area (Å²) in [4.78, 5) is 12.4. The van der Waals surface area contributed by atoms with E-state index in [4.69, 9.17) is 4.74 Å². The van der Waals surface area contributed by atoms with E-state index in [-0.39, 0.29) is 18.0 Å². The second kappa shape index (κ2) is 2.90. The maximum Gasteiger partial charge on any atom is 0.314 e. The van der Waals surface area contributed by atoms with E-state index in [0.29, 0.717) is 0 Å². The van der Waals surface area contributed by atoms with Gasteiger partial charge in [-0.2, -0.15) is 0 Å². The van der Waals surface area contributed by atoms with Crippen LogP contribution in [0.5, 0.6) is 0 Å². The minimum absolute atomic E-state index is 0.000000000000000222. The predicted molar refractivity (Wildman–Crippen MR) is 47.2 cm³/mol.